The van der Waals surface area contributed by atoms with Gasteiger partial charge in [-0.25, -0.2) is 0 Å². The van der Waals surface area contributed by atoms with E-state index >= 15 is 0 Å². The largest absolute Gasteiger partial charge is 0.507 e. The highest BCUT2D eigenvalue weighted by atomic mass is 35.5. The lowest BCUT2D eigenvalue weighted by molar-refractivity contribution is -0.132. The minimum absolute atomic E-state index is 0.0498. The predicted molar refractivity (Wildman–Crippen MR) is 131 cm³/mol. The number of halogens is 1. The number of carbonyl (C=O) groups excluding carboxylic acids is 2. The molecule has 1 saturated heterocycles. The fourth-order valence-electron chi connectivity index (χ4n) is 3.95. The lowest BCUT2D eigenvalue weighted by atomic mass is 9.95. The third-order valence-corrected chi connectivity index (χ3v) is 5.89. The molecule has 1 aliphatic rings. The van der Waals surface area contributed by atoms with Gasteiger partial charge in [-0.05, 0) is 42.3 Å². The van der Waals surface area contributed by atoms with Crippen LogP contribution >= 0.6 is 11.6 Å². The van der Waals surface area contributed by atoms with Crippen LogP contribution in [-0.2, 0) is 9.59 Å². The smallest absolute Gasteiger partial charge is 0.300 e. The molecular formula is C27H24ClNO5. The van der Waals surface area contributed by atoms with Crippen LogP contribution < -0.4 is 14.4 Å². The van der Waals surface area contributed by atoms with Crippen molar-refractivity contribution in [2.24, 2.45) is 0 Å². The Balaban J connectivity index is 1.91. The van der Waals surface area contributed by atoms with Crippen LogP contribution in [-0.4, -0.2) is 30.5 Å². The van der Waals surface area contributed by atoms with Crippen molar-refractivity contribution in [2.45, 2.75) is 19.4 Å². The fourth-order valence-corrected chi connectivity index (χ4v) is 4.16. The van der Waals surface area contributed by atoms with Gasteiger partial charge in [-0.1, -0.05) is 54.9 Å². The van der Waals surface area contributed by atoms with Gasteiger partial charge in [-0.2, -0.15) is 0 Å². The molecule has 34 heavy (non-hydrogen) atoms. The number of hydrogen-bond donors (Lipinski definition) is 1. The molecule has 1 aliphatic heterocycles. The Morgan fingerprint density at radius 1 is 1.00 bits per heavy atom. The molecule has 3 aromatic rings. The van der Waals surface area contributed by atoms with Gasteiger partial charge in [-0.15, -0.1) is 0 Å². The number of ether oxygens (including phenoxy) is 2. The lowest BCUT2D eigenvalue weighted by Crippen LogP contribution is -2.29. The van der Waals surface area contributed by atoms with E-state index in [1.807, 2.05) is 25.1 Å². The van der Waals surface area contributed by atoms with Crippen molar-refractivity contribution in [3.63, 3.8) is 0 Å². The highest BCUT2D eigenvalue weighted by molar-refractivity contribution is 6.52. The Morgan fingerprint density at radius 2 is 1.76 bits per heavy atom. The third-order valence-electron chi connectivity index (χ3n) is 5.56. The Bertz CT molecular complexity index is 1250. The van der Waals surface area contributed by atoms with Crippen molar-refractivity contribution in [3.05, 3.63) is 94.5 Å². The number of methoxy groups -OCH3 is 1. The van der Waals surface area contributed by atoms with Crippen molar-refractivity contribution in [1.29, 1.82) is 0 Å². The maximum atomic E-state index is 13.3. The Labute approximate surface area is 203 Å². The van der Waals surface area contributed by atoms with Gasteiger partial charge < -0.3 is 14.6 Å². The second kappa shape index (κ2) is 10.0. The maximum absolute atomic E-state index is 13.3. The van der Waals surface area contributed by atoms with E-state index in [0.717, 1.165) is 6.42 Å². The van der Waals surface area contributed by atoms with E-state index in [0.29, 0.717) is 29.4 Å². The zero-order chi connectivity index (χ0) is 24.2. The average Bonchev–Trinajstić information content (AvgIpc) is 3.13. The molecule has 1 N–H and O–H groups in total. The van der Waals surface area contributed by atoms with E-state index < -0.39 is 17.7 Å². The SMILES string of the molecule is CCCOc1cccc(N2C(=O)C(=O)/C(=C(/O)c3cc(OC)ccc3Cl)C2c2ccccc2)c1. The number of rotatable bonds is 7. The van der Waals surface area contributed by atoms with Gasteiger partial charge in [0, 0.05) is 17.3 Å². The summed E-state index contributed by atoms with van der Waals surface area (Å²) >= 11 is 6.35. The number of benzene rings is 3. The first-order chi connectivity index (χ1) is 16.5. The van der Waals surface area contributed by atoms with Gasteiger partial charge >= 0.3 is 0 Å². The van der Waals surface area contributed by atoms with Crippen LogP contribution in [0.25, 0.3) is 5.76 Å². The third kappa shape index (κ3) is 4.37. The molecule has 1 fully saturated rings. The highest BCUT2D eigenvalue weighted by Gasteiger charge is 2.47. The summed E-state index contributed by atoms with van der Waals surface area (Å²) in [5, 5.41) is 11.5. The number of aliphatic hydroxyl groups is 1. The van der Waals surface area contributed by atoms with Gasteiger partial charge in [0.25, 0.3) is 11.7 Å². The van der Waals surface area contributed by atoms with Crippen LogP contribution in [0.15, 0.2) is 78.4 Å². The lowest BCUT2D eigenvalue weighted by Gasteiger charge is -2.26. The summed E-state index contributed by atoms with van der Waals surface area (Å²) in [5.74, 6) is -0.870. The molecule has 0 saturated carbocycles. The number of nitrogens with zero attached hydrogens (tertiary/aromatic N) is 1. The predicted octanol–water partition coefficient (Wildman–Crippen LogP) is 5.76. The van der Waals surface area contributed by atoms with Crippen molar-refractivity contribution in [2.75, 3.05) is 18.6 Å². The van der Waals surface area contributed by atoms with Crippen LogP contribution in [0, 0.1) is 0 Å². The van der Waals surface area contributed by atoms with Crippen LogP contribution in [0.4, 0.5) is 5.69 Å². The van der Waals surface area contributed by atoms with Gasteiger partial charge in [0.2, 0.25) is 0 Å². The normalized spacial score (nSPS) is 17.1. The second-order valence-electron chi connectivity index (χ2n) is 7.77. The monoisotopic (exact) mass is 477 g/mol. The average molecular weight is 478 g/mol. The molecule has 7 heteroatoms. The molecule has 0 aliphatic carbocycles. The van der Waals surface area contributed by atoms with E-state index in [4.69, 9.17) is 21.1 Å². The molecule has 6 nitrogen and oxygen atoms in total. The molecule has 0 spiro atoms. The van der Waals surface area contributed by atoms with Crippen LogP contribution in [0.2, 0.25) is 5.02 Å². The molecule has 3 aromatic carbocycles. The van der Waals surface area contributed by atoms with Crippen molar-refractivity contribution >= 4 is 34.7 Å². The molecule has 4 rings (SSSR count). The summed E-state index contributed by atoms with van der Waals surface area (Å²) in [7, 11) is 1.49. The number of anilines is 1. The summed E-state index contributed by atoms with van der Waals surface area (Å²) in [6, 6.07) is 20.0. The van der Waals surface area contributed by atoms with Crippen LogP contribution in [0.3, 0.4) is 0 Å². The quantitative estimate of drug-likeness (QED) is 0.266. The molecular weight excluding hydrogens is 454 g/mol. The van der Waals surface area contributed by atoms with Gasteiger partial charge in [0.1, 0.15) is 17.3 Å². The first-order valence-electron chi connectivity index (χ1n) is 10.9. The molecule has 1 heterocycles. The minimum atomic E-state index is -0.857. The highest BCUT2D eigenvalue weighted by Crippen LogP contribution is 2.43. The standard InChI is InChI=1S/C27H24ClNO5/c1-3-14-34-20-11-7-10-18(15-20)29-24(17-8-5-4-6-9-17)23(26(31)27(29)32)25(30)21-16-19(33-2)12-13-22(21)28/h4-13,15-16,24,30H,3,14H2,1-2H3/b25-23+. The van der Waals surface area contributed by atoms with E-state index in [1.165, 1.54) is 18.1 Å². The Morgan fingerprint density at radius 3 is 2.47 bits per heavy atom. The van der Waals surface area contributed by atoms with Gasteiger partial charge in [0.15, 0.2) is 0 Å². The molecule has 0 radical (unpaired) electrons. The first kappa shape index (κ1) is 23.4. The first-order valence-corrected chi connectivity index (χ1v) is 11.3. The summed E-state index contributed by atoms with van der Waals surface area (Å²) in [6.07, 6.45) is 0.833. The molecule has 1 unspecified atom stereocenters. The zero-order valence-electron chi connectivity index (χ0n) is 18.8. The van der Waals surface area contributed by atoms with Crippen molar-refractivity contribution in [1.82, 2.24) is 0 Å². The minimum Gasteiger partial charge on any atom is -0.507 e. The van der Waals surface area contributed by atoms with Crippen molar-refractivity contribution < 1.29 is 24.2 Å². The van der Waals surface area contributed by atoms with E-state index in [9.17, 15) is 14.7 Å². The molecule has 0 aromatic heterocycles. The Hall–Kier alpha value is -3.77. The number of carbonyl (C=O) groups is 2. The van der Waals surface area contributed by atoms with Crippen molar-refractivity contribution in [3.8, 4) is 11.5 Å². The topological polar surface area (TPSA) is 76.1 Å². The zero-order valence-corrected chi connectivity index (χ0v) is 19.6. The number of Topliss-reactive ketones (excluding diaryl/α,β-unsaturated/α-hetero) is 1. The summed E-state index contributed by atoms with van der Waals surface area (Å²) in [4.78, 5) is 28.0. The summed E-state index contributed by atoms with van der Waals surface area (Å²) in [6.45, 7) is 2.53. The number of hydrogen-bond acceptors (Lipinski definition) is 5. The summed E-state index contributed by atoms with van der Waals surface area (Å²) < 4.78 is 11.0. The second-order valence-corrected chi connectivity index (χ2v) is 8.18. The number of aliphatic hydroxyl groups excluding tert-OH is 1. The molecule has 1 atom stereocenters. The molecule has 1 amide bonds. The molecule has 174 valence electrons. The van der Waals surface area contributed by atoms with E-state index in [2.05, 4.69) is 0 Å². The summed E-state index contributed by atoms with van der Waals surface area (Å²) in [5.41, 5.74) is 1.31. The van der Waals surface area contributed by atoms with Crippen LogP contribution in [0.1, 0.15) is 30.5 Å². The Kier molecular flexibility index (Phi) is 6.89. The van der Waals surface area contributed by atoms with E-state index in [-0.39, 0.29) is 21.9 Å². The van der Waals surface area contributed by atoms with Gasteiger partial charge in [-0.3, -0.25) is 14.5 Å². The maximum Gasteiger partial charge on any atom is 0.300 e. The van der Waals surface area contributed by atoms with Crippen LogP contribution in [0.5, 0.6) is 11.5 Å². The molecule has 0 bridgehead atoms. The van der Waals surface area contributed by atoms with E-state index in [1.54, 1.807) is 48.5 Å². The fraction of sp³-hybridized carbons (Fsp3) is 0.185. The number of amides is 1. The van der Waals surface area contributed by atoms with Gasteiger partial charge in [0.05, 0.1) is 30.4 Å². The number of ketones is 1.